The molecule has 0 fully saturated rings. The van der Waals surface area contributed by atoms with Gasteiger partial charge in [-0.2, -0.15) is 0 Å². The lowest BCUT2D eigenvalue weighted by molar-refractivity contribution is 0.811. The molecule has 162 valence electrons. The predicted octanol–water partition coefficient (Wildman–Crippen LogP) is 9.63. The molecule has 0 aromatic rings. The molecule has 0 saturated carbocycles. The van der Waals surface area contributed by atoms with Gasteiger partial charge in [-0.25, -0.2) is 0 Å². The summed E-state index contributed by atoms with van der Waals surface area (Å²) < 4.78 is 0. The van der Waals surface area contributed by atoms with E-state index >= 15 is 0 Å². The molecule has 0 aromatic carbocycles. The maximum atomic E-state index is 2.73. The van der Waals surface area contributed by atoms with Gasteiger partial charge in [0, 0.05) is 0 Å². The van der Waals surface area contributed by atoms with Gasteiger partial charge in [0.1, 0.15) is 0 Å². The molecule has 0 N–H and O–H groups in total. The molecule has 0 bridgehead atoms. The third-order valence-corrected chi connectivity index (χ3v) is 22.7. The normalized spacial score (nSPS) is 17.1. The van der Waals surface area contributed by atoms with Crippen LogP contribution in [0.4, 0.5) is 0 Å². The molecule has 0 aliphatic heterocycles. The molecule has 2 heteroatoms. The fraction of sp³-hybridized carbons (Fsp3) is 0.769. The monoisotopic (exact) mass is 418 g/mol. The summed E-state index contributed by atoms with van der Waals surface area (Å²) in [5.74, 6) is 0. The highest BCUT2D eigenvalue weighted by Gasteiger charge is 2.47. The molecule has 0 heterocycles. The summed E-state index contributed by atoms with van der Waals surface area (Å²) in [6.45, 7) is 30.0. The molecular weight excluding hydrogens is 368 g/mol. The first-order valence-corrected chi connectivity index (χ1v) is 16.4. The Bertz CT molecular complexity index is 542. The van der Waals surface area contributed by atoms with Crippen molar-refractivity contribution in [1.82, 2.24) is 0 Å². The van der Waals surface area contributed by atoms with Gasteiger partial charge in [-0.3, -0.25) is 0 Å². The zero-order valence-corrected chi connectivity index (χ0v) is 23.2. The Balaban J connectivity index is 3.58. The zero-order chi connectivity index (χ0) is 21.9. The van der Waals surface area contributed by atoms with E-state index in [2.05, 4.69) is 107 Å². The number of allylic oxidation sites excluding steroid dienone is 6. The van der Waals surface area contributed by atoms with E-state index in [1.165, 1.54) is 12.8 Å². The Labute approximate surface area is 180 Å². The Morgan fingerprint density at radius 2 is 0.893 bits per heavy atom. The molecule has 0 radical (unpaired) electrons. The van der Waals surface area contributed by atoms with Crippen molar-refractivity contribution in [1.29, 1.82) is 0 Å². The minimum atomic E-state index is -1.57. The summed E-state index contributed by atoms with van der Waals surface area (Å²) in [4.78, 5) is 0. The Morgan fingerprint density at radius 1 is 0.536 bits per heavy atom. The Morgan fingerprint density at radius 3 is 1.25 bits per heavy atom. The van der Waals surface area contributed by atoms with Gasteiger partial charge in [-0.15, -0.1) is 0 Å². The van der Waals surface area contributed by atoms with Crippen LogP contribution < -0.4 is 0 Å². The Hall–Kier alpha value is -0.346. The smallest absolute Gasteiger partial charge is 0.0851 e. The van der Waals surface area contributed by atoms with Crippen LogP contribution in [0.2, 0.25) is 33.2 Å². The average Bonchev–Trinajstić information content (AvgIpc) is 2.50. The fourth-order valence-corrected chi connectivity index (χ4v) is 21.9. The third kappa shape index (κ3) is 4.38. The molecule has 0 amide bonds. The summed E-state index contributed by atoms with van der Waals surface area (Å²) in [6.07, 6.45) is 12.5. The van der Waals surface area contributed by atoms with Gasteiger partial charge in [0.15, 0.2) is 0 Å². The van der Waals surface area contributed by atoms with Crippen LogP contribution in [0.3, 0.4) is 0 Å². The van der Waals surface area contributed by atoms with Gasteiger partial charge in [0.2, 0.25) is 0 Å². The molecule has 0 atom stereocenters. The van der Waals surface area contributed by atoms with Crippen LogP contribution in [0.5, 0.6) is 0 Å². The highest BCUT2D eigenvalue weighted by molar-refractivity contribution is 6.90. The van der Waals surface area contributed by atoms with Crippen molar-refractivity contribution in [2.45, 2.75) is 129 Å². The van der Waals surface area contributed by atoms with Crippen molar-refractivity contribution >= 4 is 16.1 Å². The standard InChI is InChI=1S/C26H50Si2/c1-19(2)27(20(3)4,21(5)6)25-15-13-14-16-26(18-17-25)28(22(7)8,23(9)10)24(11)12/h13-15,18-24H,16-17H2,1-12H3. The van der Waals surface area contributed by atoms with Gasteiger partial charge in [-0.05, 0) is 46.1 Å². The van der Waals surface area contributed by atoms with Crippen LogP contribution >= 0.6 is 0 Å². The summed E-state index contributed by atoms with van der Waals surface area (Å²) in [6, 6.07) is 0. The van der Waals surface area contributed by atoms with E-state index in [4.69, 9.17) is 0 Å². The number of hydrogen-bond donors (Lipinski definition) is 0. The van der Waals surface area contributed by atoms with E-state index in [1.807, 2.05) is 5.20 Å². The van der Waals surface area contributed by atoms with Crippen LogP contribution in [0.1, 0.15) is 95.9 Å². The number of hydrogen-bond acceptors (Lipinski definition) is 0. The fourth-order valence-electron chi connectivity index (χ4n) is 7.66. The zero-order valence-electron chi connectivity index (χ0n) is 21.2. The number of rotatable bonds is 8. The maximum absolute atomic E-state index is 2.73. The first kappa shape index (κ1) is 25.7. The second-order valence-corrected chi connectivity index (χ2v) is 23.0. The lowest BCUT2D eigenvalue weighted by Crippen LogP contribution is -2.48. The highest BCUT2D eigenvalue weighted by Crippen LogP contribution is 2.50. The van der Waals surface area contributed by atoms with E-state index in [9.17, 15) is 0 Å². The maximum Gasteiger partial charge on any atom is 0.0895 e. The van der Waals surface area contributed by atoms with E-state index in [1.54, 1.807) is 5.20 Å². The molecule has 0 saturated heterocycles. The van der Waals surface area contributed by atoms with Crippen LogP contribution in [0, 0.1) is 0 Å². The van der Waals surface area contributed by atoms with E-state index in [0.717, 1.165) is 33.2 Å². The van der Waals surface area contributed by atoms with Gasteiger partial charge in [-0.1, -0.05) is 118 Å². The van der Waals surface area contributed by atoms with E-state index in [0.29, 0.717) is 0 Å². The van der Waals surface area contributed by atoms with Gasteiger partial charge in [0.05, 0.1) is 16.1 Å². The van der Waals surface area contributed by atoms with Crippen molar-refractivity contribution < 1.29 is 0 Å². The topological polar surface area (TPSA) is 0 Å². The van der Waals surface area contributed by atoms with Crippen molar-refractivity contribution in [3.63, 3.8) is 0 Å². The quantitative estimate of drug-likeness (QED) is 0.344. The van der Waals surface area contributed by atoms with Crippen LogP contribution in [0.25, 0.3) is 0 Å². The molecule has 0 unspecified atom stereocenters. The van der Waals surface area contributed by atoms with Gasteiger partial charge < -0.3 is 0 Å². The summed E-state index contributed by atoms with van der Waals surface area (Å²) in [5.41, 5.74) is 4.73. The van der Waals surface area contributed by atoms with Crippen molar-refractivity contribution in [2.24, 2.45) is 0 Å². The highest BCUT2D eigenvalue weighted by atomic mass is 28.3. The second kappa shape index (κ2) is 10.1. The predicted molar refractivity (Wildman–Crippen MR) is 137 cm³/mol. The lowest BCUT2D eigenvalue weighted by atomic mass is 10.2. The van der Waals surface area contributed by atoms with Crippen molar-refractivity contribution in [2.75, 3.05) is 0 Å². The van der Waals surface area contributed by atoms with Gasteiger partial charge in [0.25, 0.3) is 0 Å². The lowest BCUT2D eigenvalue weighted by Gasteiger charge is -2.47. The summed E-state index contributed by atoms with van der Waals surface area (Å²) in [7, 11) is -3.12. The van der Waals surface area contributed by atoms with E-state index in [-0.39, 0.29) is 0 Å². The molecular formula is C26H50Si2. The first-order valence-electron chi connectivity index (χ1n) is 11.9. The SMILES string of the molecule is CC(C)[Si](C1=CC=CCC([Si](C(C)C)(C(C)C)C(C)C)=CC1)(C(C)C)C(C)C. The minimum Gasteiger partial charge on any atom is -0.0851 e. The average molecular weight is 419 g/mol. The van der Waals surface area contributed by atoms with Crippen LogP contribution in [0.15, 0.2) is 34.7 Å². The van der Waals surface area contributed by atoms with E-state index < -0.39 is 16.1 Å². The molecule has 0 spiro atoms. The van der Waals surface area contributed by atoms with Crippen LogP contribution in [-0.4, -0.2) is 16.1 Å². The van der Waals surface area contributed by atoms with Crippen LogP contribution in [-0.2, 0) is 0 Å². The molecule has 1 aliphatic carbocycles. The molecule has 1 rings (SSSR count). The molecule has 28 heavy (non-hydrogen) atoms. The largest absolute Gasteiger partial charge is 0.0895 e. The Kier molecular flexibility index (Phi) is 9.28. The third-order valence-electron chi connectivity index (χ3n) is 8.18. The summed E-state index contributed by atoms with van der Waals surface area (Å²) >= 11 is 0. The van der Waals surface area contributed by atoms with Crippen molar-refractivity contribution in [3.8, 4) is 0 Å². The second-order valence-electron chi connectivity index (χ2n) is 11.1. The van der Waals surface area contributed by atoms with Gasteiger partial charge >= 0.3 is 0 Å². The molecule has 0 aromatic heterocycles. The van der Waals surface area contributed by atoms with Crippen molar-refractivity contribution in [3.05, 3.63) is 34.7 Å². The summed E-state index contributed by atoms with van der Waals surface area (Å²) in [5, 5.41) is 3.62. The minimum absolute atomic E-state index is 0.783. The molecule has 1 aliphatic rings. The molecule has 0 nitrogen and oxygen atoms in total. The first-order chi connectivity index (χ1) is 12.9.